The molecule has 1 aromatic heterocycles. The first kappa shape index (κ1) is 13.4. The van der Waals surface area contributed by atoms with Gasteiger partial charge in [-0.3, -0.25) is 4.79 Å². The van der Waals surface area contributed by atoms with Crippen LogP contribution in [0.5, 0.6) is 0 Å². The first-order valence-corrected chi connectivity index (χ1v) is 6.92. The lowest BCUT2D eigenvalue weighted by Gasteiger charge is -2.05. The van der Waals surface area contributed by atoms with Crippen molar-refractivity contribution in [3.8, 4) is 0 Å². The van der Waals surface area contributed by atoms with Gasteiger partial charge in [-0.25, -0.2) is 4.98 Å². The molecule has 0 atom stereocenters. The van der Waals surface area contributed by atoms with Gasteiger partial charge in [-0.15, -0.1) is 11.8 Å². The number of benzene rings is 1. The van der Waals surface area contributed by atoms with Crippen molar-refractivity contribution < 1.29 is 4.79 Å². The SMILES string of the molecule is Nc1cccnc1SCCC(=O)Nc1ccccc1. The summed E-state index contributed by atoms with van der Waals surface area (Å²) in [6.45, 7) is 0. The number of aromatic nitrogens is 1. The standard InChI is InChI=1S/C14H15N3OS/c15-12-7-4-9-16-14(12)19-10-8-13(18)17-11-5-2-1-3-6-11/h1-7,9H,8,10,15H2,(H,17,18). The van der Waals surface area contributed by atoms with Gasteiger partial charge in [-0.1, -0.05) is 18.2 Å². The second-order valence-corrected chi connectivity index (χ2v) is 4.99. The Hall–Kier alpha value is -2.01. The van der Waals surface area contributed by atoms with Gasteiger partial charge in [0.1, 0.15) is 5.03 Å². The number of nitrogens with zero attached hydrogens (tertiary/aromatic N) is 1. The van der Waals surface area contributed by atoms with Crippen molar-refractivity contribution in [2.24, 2.45) is 0 Å². The van der Waals surface area contributed by atoms with E-state index >= 15 is 0 Å². The molecule has 0 saturated carbocycles. The van der Waals surface area contributed by atoms with Crippen LogP contribution in [-0.4, -0.2) is 16.6 Å². The molecule has 98 valence electrons. The molecule has 0 spiro atoms. The van der Waals surface area contributed by atoms with Crippen molar-refractivity contribution >= 4 is 29.0 Å². The van der Waals surface area contributed by atoms with Crippen LogP contribution in [0.2, 0.25) is 0 Å². The fraction of sp³-hybridized carbons (Fsp3) is 0.143. The molecular formula is C14H15N3OS. The summed E-state index contributed by atoms with van der Waals surface area (Å²) in [5.41, 5.74) is 7.24. The maximum absolute atomic E-state index is 11.7. The van der Waals surface area contributed by atoms with Gasteiger partial charge in [0.2, 0.25) is 5.91 Å². The van der Waals surface area contributed by atoms with Crippen LogP contribution in [0.15, 0.2) is 53.7 Å². The highest BCUT2D eigenvalue weighted by atomic mass is 32.2. The number of anilines is 2. The molecule has 0 saturated heterocycles. The molecule has 0 fully saturated rings. The molecule has 0 unspecified atom stereocenters. The maximum atomic E-state index is 11.7. The van der Waals surface area contributed by atoms with Gasteiger partial charge in [0.25, 0.3) is 0 Å². The zero-order valence-electron chi connectivity index (χ0n) is 10.4. The van der Waals surface area contributed by atoms with E-state index in [9.17, 15) is 4.79 Å². The van der Waals surface area contributed by atoms with E-state index in [2.05, 4.69) is 10.3 Å². The summed E-state index contributed by atoms with van der Waals surface area (Å²) in [4.78, 5) is 15.9. The number of hydrogen-bond donors (Lipinski definition) is 2. The Bertz CT molecular complexity index is 545. The Morgan fingerprint density at radius 3 is 2.74 bits per heavy atom. The summed E-state index contributed by atoms with van der Waals surface area (Å²) in [6.07, 6.45) is 2.12. The van der Waals surface area contributed by atoms with Crippen molar-refractivity contribution in [2.45, 2.75) is 11.4 Å². The highest BCUT2D eigenvalue weighted by molar-refractivity contribution is 7.99. The third-order valence-electron chi connectivity index (χ3n) is 2.43. The van der Waals surface area contributed by atoms with Gasteiger partial charge < -0.3 is 11.1 Å². The quantitative estimate of drug-likeness (QED) is 0.822. The summed E-state index contributed by atoms with van der Waals surface area (Å²) >= 11 is 1.49. The molecule has 0 radical (unpaired) electrons. The molecule has 1 aromatic carbocycles. The number of carbonyl (C=O) groups excluding carboxylic acids is 1. The largest absolute Gasteiger partial charge is 0.397 e. The van der Waals surface area contributed by atoms with Gasteiger partial charge >= 0.3 is 0 Å². The Morgan fingerprint density at radius 2 is 2.00 bits per heavy atom. The number of carbonyl (C=O) groups is 1. The first-order valence-electron chi connectivity index (χ1n) is 5.94. The molecule has 0 aliphatic heterocycles. The van der Waals surface area contributed by atoms with Gasteiger partial charge in [0.15, 0.2) is 0 Å². The molecule has 1 amide bonds. The van der Waals surface area contributed by atoms with Crippen LogP contribution < -0.4 is 11.1 Å². The average Bonchev–Trinajstić information content (AvgIpc) is 2.42. The number of nitrogen functional groups attached to an aromatic ring is 1. The third kappa shape index (κ3) is 4.30. The molecule has 1 heterocycles. The van der Waals surface area contributed by atoms with Gasteiger partial charge in [-0.2, -0.15) is 0 Å². The number of nitrogens with one attached hydrogen (secondary N) is 1. The number of nitrogens with two attached hydrogens (primary N) is 1. The van der Waals surface area contributed by atoms with Crippen molar-refractivity contribution in [1.29, 1.82) is 0 Å². The summed E-state index contributed by atoms with van der Waals surface area (Å²) in [6, 6.07) is 13.0. The molecule has 0 aliphatic carbocycles. The van der Waals surface area contributed by atoms with E-state index in [0.717, 1.165) is 10.7 Å². The summed E-state index contributed by atoms with van der Waals surface area (Å²) in [5.74, 6) is 0.646. The number of hydrogen-bond acceptors (Lipinski definition) is 4. The molecule has 3 N–H and O–H groups in total. The predicted octanol–water partition coefficient (Wildman–Crippen LogP) is 2.78. The van der Waals surface area contributed by atoms with E-state index in [1.807, 2.05) is 30.3 Å². The van der Waals surface area contributed by atoms with E-state index in [4.69, 9.17) is 5.73 Å². The molecule has 19 heavy (non-hydrogen) atoms. The highest BCUT2D eigenvalue weighted by Crippen LogP contribution is 2.22. The lowest BCUT2D eigenvalue weighted by atomic mass is 10.3. The van der Waals surface area contributed by atoms with E-state index in [1.54, 1.807) is 18.3 Å². The predicted molar refractivity (Wildman–Crippen MR) is 79.1 cm³/mol. The van der Waals surface area contributed by atoms with E-state index in [1.165, 1.54) is 11.8 Å². The Labute approximate surface area is 116 Å². The highest BCUT2D eigenvalue weighted by Gasteiger charge is 2.04. The molecule has 2 rings (SSSR count). The summed E-state index contributed by atoms with van der Waals surface area (Å²) in [5, 5.41) is 3.61. The number of pyridine rings is 1. The normalized spacial score (nSPS) is 10.1. The Kier molecular flexibility index (Phi) is 4.80. The second-order valence-electron chi connectivity index (χ2n) is 3.91. The number of amides is 1. The molecule has 4 nitrogen and oxygen atoms in total. The van der Waals surface area contributed by atoms with Gasteiger partial charge in [0.05, 0.1) is 5.69 Å². The van der Waals surface area contributed by atoms with Crippen molar-refractivity contribution in [3.63, 3.8) is 0 Å². The third-order valence-corrected chi connectivity index (χ3v) is 3.45. The van der Waals surface area contributed by atoms with Crippen molar-refractivity contribution in [2.75, 3.05) is 16.8 Å². The van der Waals surface area contributed by atoms with Gasteiger partial charge in [-0.05, 0) is 24.3 Å². The summed E-state index contributed by atoms with van der Waals surface area (Å²) < 4.78 is 0. The van der Waals surface area contributed by atoms with Crippen LogP contribution in [0, 0.1) is 0 Å². The number of thioether (sulfide) groups is 1. The minimum atomic E-state index is -0.00629. The number of para-hydroxylation sites is 1. The molecule has 0 aliphatic rings. The maximum Gasteiger partial charge on any atom is 0.225 e. The van der Waals surface area contributed by atoms with Crippen LogP contribution in [0.1, 0.15) is 6.42 Å². The fourth-order valence-corrected chi connectivity index (χ4v) is 2.36. The van der Waals surface area contributed by atoms with E-state index in [0.29, 0.717) is 17.9 Å². The molecule has 5 heteroatoms. The zero-order valence-corrected chi connectivity index (χ0v) is 11.2. The topological polar surface area (TPSA) is 68.0 Å². The van der Waals surface area contributed by atoms with E-state index in [-0.39, 0.29) is 5.91 Å². The van der Waals surface area contributed by atoms with Crippen LogP contribution >= 0.6 is 11.8 Å². The lowest BCUT2D eigenvalue weighted by Crippen LogP contribution is -2.12. The van der Waals surface area contributed by atoms with Crippen LogP contribution in [0.4, 0.5) is 11.4 Å². The second kappa shape index (κ2) is 6.80. The van der Waals surface area contributed by atoms with E-state index < -0.39 is 0 Å². The van der Waals surface area contributed by atoms with Crippen LogP contribution in [-0.2, 0) is 4.79 Å². The van der Waals surface area contributed by atoms with Crippen LogP contribution in [0.3, 0.4) is 0 Å². The first-order chi connectivity index (χ1) is 9.25. The molecule has 2 aromatic rings. The summed E-state index contributed by atoms with van der Waals surface area (Å²) in [7, 11) is 0. The fourth-order valence-electron chi connectivity index (χ4n) is 1.51. The smallest absolute Gasteiger partial charge is 0.225 e. The Morgan fingerprint density at radius 1 is 1.21 bits per heavy atom. The lowest BCUT2D eigenvalue weighted by molar-refractivity contribution is -0.115. The average molecular weight is 273 g/mol. The minimum absolute atomic E-state index is 0.00629. The van der Waals surface area contributed by atoms with Crippen molar-refractivity contribution in [1.82, 2.24) is 4.98 Å². The molecular weight excluding hydrogens is 258 g/mol. The van der Waals surface area contributed by atoms with Crippen molar-refractivity contribution in [3.05, 3.63) is 48.7 Å². The Balaban J connectivity index is 1.77. The monoisotopic (exact) mass is 273 g/mol. The van der Waals surface area contributed by atoms with Crippen LogP contribution in [0.25, 0.3) is 0 Å². The van der Waals surface area contributed by atoms with Gasteiger partial charge in [0, 0.05) is 24.1 Å². The minimum Gasteiger partial charge on any atom is -0.397 e. The molecule has 0 bridgehead atoms. The number of rotatable bonds is 5. The zero-order chi connectivity index (χ0) is 13.5.